The van der Waals surface area contributed by atoms with Crippen molar-refractivity contribution in [3.8, 4) is 11.5 Å². The Morgan fingerprint density at radius 3 is 2.41 bits per heavy atom. The van der Waals surface area contributed by atoms with Crippen LogP contribution in [-0.4, -0.2) is 26.0 Å². The second kappa shape index (κ2) is 12.6. The Morgan fingerprint density at radius 1 is 1.05 bits per heavy atom. The number of nitrogens with zero attached hydrogens (tertiary/aromatic N) is 2. The van der Waals surface area contributed by atoms with Crippen molar-refractivity contribution in [2.24, 2.45) is 10.2 Å². The van der Waals surface area contributed by atoms with Crippen LogP contribution in [-0.2, 0) is 16.5 Å². The van der Waals surface area contributed by atoms with Crippen molar-refractivity contribution >= 4 is 67.1 Å². The summed E-state index contributed by atoms with van der Waals surface area (Å²) in [4.78, 5) is 12.8. The molecule has 0 saturated carbocycles. The minimum absolute atomic E-state index is 0. The van der Waals surface area contributed by atoms with Crippen LogP contribution in [0.25, 0.3) is 10.8 Å². The summed E-state index contributed by atoms with van der Waals surface area (Å²) in [5.74, 6) is -1.05. The molecule has 9 nitrogen and oxygen atoms in total. The summed E-state index contributed by atoms with van der Waals surface area (Å²) in [6.07, 6.45) is 0.312. The SMILES string of the molecule is CCc1cc(S(=O)(=O)O)cc(Cl)c1N=Nc1c([O-])c(C(=O)Nc2cccc(OC)c2Cl)cc2ccccc12.[Na+]. The number of halogens is 2. The zero-order valence-corrected chi connectivity index (χ0v) is 25.4. The number of carbonyl (C=O) groups excluding carboxylic acids is 1. The Labute approximate surface area is 256 Å². The van der Waals surface area contributed by atoms with E-state index in [2.05, 4.69) is 15.5 Å². The Balaban J connectivity index is 0.00000420. The van der Waals surface area contributed by atoms with Gasteiger partial charge in [-0.15, -0.1) is 5.11 Å². The molecule has 0 radical (unpaired) electrons. The topological polar surface area (TPSA) is 140 Å². The molecule has 4 aromatic carbocycles. The molecule has 0 aliphatic rings. The molecule has 1 amide bonds. The van der Waals surface area contributed by atoms with Gasteiger partial charge in [0.15, 0.2) is 0 Å². The third-order valence-electron chi connectivity index (χ3n) is 5.70. The number of azo groups is 1. The van der Waals surface area contributed by atoms with E-state index in [0.29, 0.717) is 28.5 Å². The first kappa shape index (κ1) is 30.8. The maximum absolute atomic E-state index is 13.5. The van der Waals surface area contributed by atoms with Gasteiger partial charge in [0, 0.05) is 10.9 Å². The molecule has 13 heteroatoms. The van der Waals surface area contributed by atoms with E-state index in [9.17, 15) is 22.9 Å². The monoisotopic (exact) mass is 595 g/mol. The first-order chi connectivity index (χ1) is 18.0. The van der Waals surface area contributed by atoms with Gasteiger partial charge in [-0.05, 0) is 47.7 Å². The van der Waals surface area contributed by atoms with Crippen molar-refractivity contribution in [3.63, 3.8) is 0 Å². The van der Waals surface area contributed by atoms with Gasteiger partial charge in [-0.2, -0.15) is 13.5 Å². The molecule has 39 heavy (non-hydrogen) atoms. The van der Waals surface area contributed by atoms with Crippen LogP contribution in [0.1, 0.15) is 22.8 Å². The third-order valence-corrected chi connectivity index (χ3v) is 7.21. The minimum Gasteiger partial charge on any atom is -0.870 e. The van der Waals surface area contributed by atoms with Crippen LogP contribution in [0, 0.1) is 0 Å². The van der Waals surface area contributed by atoms with Crippen LogP contribution in [0.2, 0.25) is 10.0 Å². The predicted octanol–water partition coefficient (Wildman–Crippen LogP) is 3.71. The molecule has 0 spiro atoms. The smallest absolute Gasteiger partial charge is 0.870 e. The number of carbonyl (C=O) groups is 1. The summed E-state index contributed by atoms with van der Waals surface area (Å²) in [5, 5.41) is 25.5. The van der Waals surface area contributed by atoms with Gasteiger partial charge in [0.2, 0.25) is 0 Å². The number of hydrogen-bond donors (Lipinski definition) is 2. The molecule has 0 fully saturated rings. The van der Waals surface area contributed by atoms with E-state index in [1.165, 1.54) is 19.2 Å². The molecule has 4 rings (SSSR count). The van der Waals surface area contributed by atoms with Crippen LogP contribution in [0.5, 0.6) is 11.5 Å². The van der Waals surface area contributed by atoms with Crippen molar-refractivity contribution in [1.82, 2.24) is 0 Å². The number of methoxy groups -OCH3 is 1. The van der Waals surface area contributed by atoms with E-state index in [-0.39, 0.29) is 67.1 Å². The minimum atomic E-state index is -4.49. The summed E-state index contributed by atoms with van der Waals surface area (Å²) in [6.45, 7) is 1.74. The number of rotatable bonds is 7. The largest absolute Gasteiger partial charge is 1.00 e. The number of anilines is 1. The van der Waals surface area contributed by atoms with Crippen molar-refractivity contribution in [2.75, 3.05) is 12.4 Å². The average molecular weight is 596 g/mol. The van der Waals surface area contributed by atoms with Gasteiger partial charge in [0.05, 0.1) is 28.4 Å². The molecule has 196 valence electrons. The van der Waals surface area contributed by atoms with Crippen molar-refractivity contribution < 1.29 is 57.2 Å². The number of fused-ring (bicyclic) bond motifs is 1. The number of aryl methyl sites for hydroxylation is 1. The van der Waals surface area contributed by atoms with Gasteiger partial charge < -0.3 is 15.2 Å². The molecule has 0 unspecified atom stereocenters. The summed E-state index contributed by atoms with van der Waals surface area (Å²) >= 11 is 12.6. The van der Waals surface area contributed by atoms with Crippen LogP contribution in [0.15, 0.2) is 75.8 Å². The van der Waals surface area contributed by atoms with E-state index in [4.69, 9.17) is 27.9 Å². The maximum atomic E-state index is 13.5. The van der Waals surface area contributed by atoms with Crippen molar-refractivity contribution in [2.45, 2.75) is 18.2 Å². The quantitative estimate of drug-likeness (QED) is 0.189. The first-order valence-corrected chi connectivity index (χ1v) is 13.3. The second-order valence-electron chi connectivity index (χ2n) is 8.04. The van der Waals surface area contributed by atoms with E-state index >= 15 is 0 Å². The normalized spacial score (nSPS) is 11.4. The molecule has 2 N–H and O–H groups in total. The fourth-order valence-electron chi connectivity index (χ4n) is 3.79. The number of benzene rings is 4. The molecule has 0 atom stereocenters. The van der Waals surface area contributed by atoms with Crippen molar-refractivity contribution in [1.29, 1.82) is 0 Å². The second-order valence-corrected chi connectivity index (χ2v) is 10.2. The molecule has 0 bridgehead atoms. The number of amides is 1. The molecule has 0 aromatic heterocycles. The Kier molecular flexibility index (Phi) is 10.0. The van der Waals surface area contributed by atoms with Crippen LogP contribution < -0.4 is 44.7 Å². The van der Waals surface area contributed by atoms with E-state index < -0.39 is 21.8 Å². The summed E-state index contributed by atoms with van der Waals surface area (Å²) in [5.41, 5.74) is 0.461. The van der Waals surface area contributed by atoms with Crippen molar-refractivity contribution in [3.05, 3.63) is 81.8 Å². The van der Waals surface area contributed by atoms with Gasteiger partial charge in [-0.3, -0.25) is 9.35 Å². The standard InChI is InChI=1S/C26H21Cl2N3O6S.Na/c1-3-14-11-16(38(34,35)36)13-19(27)23(14)30-31-24-17-8-5-4-7-15(17)12-18(25(24)32)26(33)29-20-9-6-10-21(37-2)22(20)28;/h4-13,32H,3H2,1-2H3,(H,29,33)(H,34,35,36);/q;+1/p-1. The Bertz CT molecular complexity index is 1710. The Hall–Kier alpha value is -2.70. The van der Waals surface area contributed by atoms with Crippen LogP contribution in [0.4, 0.5) is 17.1 Å². The van der Waals surface area contributed by atoms with Gasteiger partial charge in [0.1, 0.15) is 16.5 Å². The summed E-state index contributed by atoms with van der Waals surface area (Å²) < 4.78 is 37.7. The molecular weight excluding hydrogens is 576 g/mol. The average Bonchev–Trinajstić information content (AvgIpc) is 2.88. The van der Waals surface area contributed by atoms with Gasteiger partial charge in [-0.1, -0.05) is 66.2 Å². The van der Waals surface area contributed by atoms with E-state index in [1.807, 2.05) is 0 Å². The molecule has 0 aliphatic heterocycles. The third kappa shape index (κ3) is 6.55. The predicted molar refractivity (Wildman–Crippen MR) is 144 cm³/mol. The molecule has 0 heterocycles. The maximum Gasteiger partial charge on any atom is 1.00 e. The summed E-state index contributed by atoms with van der Waals surface area (Å²) in [6, 6.07) is 15.4. The zero-order chi connectivity index (χ0) is 27.6. The van der Waals surface area contributed by atoms with Gasteiger partial charge in [-0.25, -0.2) is 0 Å². The van der Waals surface area contributed by atoms with Gasteiger partial charge in [0.25, 0.3) is 16.0 Å². The molecule has 0 saturated heterocycles. The molecule has 4 aromatic rings. The van der Waals surface area contributed by atoms with E-state index in [0.717, 1.165) is 6.07 Å². The number of nitrogens with one attached hydrogen (secondary N) is 1. The Morgan fingerprint density at radius 2 is 1.74 bits per heavy atom. The first-order valence-electron chi connectivity index (χ1n) is 11.1. The zero-order valence-electron chi connectivity index (χ0n) is 21.0. The number of hydrogen-bond acceptors (Lipinski definition) is 7. The fourth-order valence-corrected chi connectivity index (χ4v) is 4.94. The van der Waals surface area contributed by atoms with Gasteiger partial charge >= 0.3 is 29.6 Å². The number of ether oxygens (including phenoxy) is 1. The molecule has 0 aliphatic carbocycles. The summed E-state index contributed by atoms with van der Waals surface area (Å²) in [7, 11) is -3.05. The molecular formula is C26H20Cl2N3NaO6S. The fraction of sp³-hybridized carbons (Fsp3) is 0.115. The van der Waals surface area contributed by atoms with E-state index in [1.54, 1.807) is 49.4 Å². The van der Waals surface area contributed by atoms with Crippen LogP contribution in [0.3, 0.4) is 0 Å². The van der Waals surface area contributed by atoms with Crippen LogP contribution >= 0.6 is 23.2 Å².